The minimum absolute atomic E-state index is 0.242. The quantitative estimate of drug-likeness (QED) is 0.474. The molecule has 0 saturated carbocycles. The van der Waals surface area contributed by atoms with E-state index in [9.17, 15) is 19.5 Å². The molecular formula is C26H32N2O5S. The Labute approximate surface area is 204 Å². The molecule has 2 N–H and O–H groups in total. The smallest absolute Gasteiger partial charge is 0.323 e. The van der Waals surface area contributed by atoms with Crippen LogP contribution in [0.3, 0.4) is 0 Å². The second-order valence-corrected chi connectivity index (χ2v) is 9.36. The lowest BCUT2D eigenvalue weighted by Gasteiger charge is -2.31. The maximum Gasteiger partial charge on any atom is 0.323 e. The highest BCUT2D eigenvalue weighted by atomic mass is 32.2. The van der Waals surface area contributed by atoms with Gasteiger partial charge in [-0.25, -0.2) is 0 Å². The van der Waals surface area contributed by atoms with Crippen LogP contribution in [0, 0.1) is 0 Å². The van der Waals surface area contributed by atoms with Crippen LogP contribution >= 0.6 is 11.8 Å². The average Bonchev–Trinajstić information content (AvgIpc) is 2.97. The molecule has 3 rings (SSSR count). The first-order valence-electron chi connectivity index (χ1n) is 11.6. The number of esters is 1. The fourth-order valence-corrected chi connectivity index (χ4v) is 5.28. The Morgan fingerprint density at radius 1 is 1.09 bits per heavy atom. The number of hydrogen-bond acceptors (Lipinski definition) is 6. The summed E-state index contributed by atoms with van der Waals surface area (Å²) in [5, 5.41) is 12.7. The Hall–Kier alpha value is -2.84. The van der Waals surface area contributed by atoms with Gasteiger partial charge in [0.15, 0.2) is 0 Å². The Balaban J connectivity index is 1.75. The van der Waals surface area contributed by atoms with Crippen molar-refractivity contribution >= 4 is 29.6 Å². The van der Waals surface area contributed by atoms with E-state index in [0.29, 0.717) is 30.8 Å². The summed E-state index contributed by atoms with van der Waals surface area (Å²) < 4.78 is 5.26. The molecule has 0 spiro atoms. The molecule has 1 aliphatic rings. The number of carbonyl (C=O) groups excluding carboxylic acids is 2. The van der Waals surface area contributed by atoms with Crippen LogP contribution in [-0.4, -0.2) is 70.6 Å². The van der Waals surface area contributed by atoms with Gasteiger partial charge in [0.1, 0.15) is 12.6 Å². The summed E-state index contributed by atoms with van der Waals surface area (Å²) in [7, 11) is 0. The SMILES string of the molecule is CCOC(=O)[C@H](CCc1ccccc1)NC1CSCC(Cc2ccccc2)N(CC(=O)O)C1=O. The van der Waals surface area contributed by atoms with Crippen LogP contribution in [0.25, 0.3) is 0 Å². The van der Waals surface area contributed by atoms with Gasteiger partial charge in [0.05, 0.1) is 12.6 Å². The van der Waals surface area contributed by atoms with Crippen LogP contribution in [0.5, 0.6) is 0 Å². The molecule has 7 nitrogen and oxygen atoms in total. The van der Waals surface area contributed by atoms with Crippen LogP contribution in [-0.2, 0) is 32.0 Å². The van der Waals surface area contributed by atoms with Gasteiger partial charge < -0.3 is 14.7 Å². The molecule has 0 radical (unpaired) electrons. The molecule has 2 unspecified atom stereocenters. The van der Waals surface area contributed by atoms with E-state index in [-0.39, 0.29) is 25.1 Å². The third-order valence-electron chi connectivity index (χ3n) is 5.77. The van der Waals surface area contributed by atoms with Crippen LogP contribution in [0.1, 0.15) is 24.5 Å². The highest BCUT2D eigenvalue weighted by Crippen LogP contribution is 2.22. The first kappa shape index (κ1) is 25.8. The number of benzene rings is 2. The molecule has 1 saturated heterocycles. The number of carbonyl (C=O) groups is 3. The van der Waals surface area contributed by atoms with Crippen molar-refractivity contribution in [3.63, 3.8) is 0 Å². The van der Waals surface area contributed by atoms with Crippen molar-refractivity contribution in [1.29, 1.82) is 0 Å². The summed E-state index contributed by atoms with van der Waals surface area (Å²) in [5.74, 6) is -0.654. The lowest BCUT2D eigenvalue weighted by Crippen LogP contribution is -2.55. The second-order valence-electron chi connectivity index (χ2n) is 8.29. The number of nitrogens with one attached hydrogen (secondary N) is 1. The third-order valence-corrected chi connectivity index (χ3v) is 6.96. The van der Waals surface area contributed by atoms with Crippen LogP contribution in [0.4, 0.5) is 0 Å². The van der Waals surface area contributed by atoms with Crippen molar-refractivity contribution in [1.82, 2.24) is 10.2 Å². The number of aliphatic carboxylic acids is 1. The molecule has 2 aromatic rings. The number of amides is 1. The van der Waals surface area contributed by atoms with Crippen molar-refractivity contribution in [3.8, 4) is 0 Å². The fourth-order valence-electron chi connectivity index (χ4n) is 4.10. The van der Waals surface area contributed by atoms with Gasteiger partial charge in [0.25, 0.3) is 0 Å². The predicted octanol–water partition coefficient (Wildman–Crippen LogP) is 2.78. The van der Waals surface area contributed by atoms with Gasteiger partial charge in [-0.1, -0.05) is 60.7 Å². The minimum Gasteiger partial charge on any atom is -0.480 e. The molecule has 1 fully saturated rings. The monoisotopic (exact) mass is 484 g/mol. The number of thioether (sulfide) groups is 1. The number of carboxylic acid groups (broad SMARTS) is 1. The van der Waals surface area contributed by atoms with E-state index in [1.165, 1.54) is 4.90 Å². The first-order valence-corrected chi connectivity index (χ1v) is 12.7. The van der Waals surface area contributed by atoms with E-state index in [2.05, 4.69) is 5.32 Å². The lowest BCUT2D eigenvalue weighted by molar-refractivity contribution is -0.149. The van der Waals surface area contributed by atoms with Gasteiger partial charge in [-0.15, -0.1) is 0 Å². The molecule has 34 heavy (non-hydrogen) atoms. The van der Waals surface area contributed by atoms with Gasteiger partial charge in [0.2, 0.25) is 5.91 Å². The number of carboxylic acids is 1. The maximum absolute atomic E-state index is 13.5. The molecule has 2 aromatic carbocycles. The molecule has 1 heterocycles. The first-order chi connectivity index (χ1) is 16.5. The third kappa shape index (κ3) is 7.60. The molecule has 3 atom stereocenters. The van der Waals surface area contributed by atoms with Crippen molar-refractivity contribution in [2.75, 3.05) is 24.7 Å². The van der Waals surface area contributed by atoms with E-state index in [4.69, 9.17) is 4.74 Å². The maximum atomic E-state index is 13.5. The number of ether oxygens (including phenoxy) is 1. The Kier molecular flexibility index (Phi) is 9.97. The Morgan fingerprint density at radius 3 is 2.35 bits per heavy atom. The Bertz CT molecular complexity index is 941. The molecule has 8 heteroatoms. The molecule has 0 aliphatic carbocycles. The molecule has 0 bridgehead atoms. The van der Waals surface area contributed by atoms with E-state index < -0.39 is 24.0 Å². The van der Waals surface area contributed by atoms with Gasteiger partial charge in [-0.2, -0.15) is 11.8 Å². The largest absolute Gasteiger partial charge is 0.480 e. The number of nitrogens with zero attached hydrogens (tertiary/aromatic N) is 1. The van der Waals surface area contributed by atoms with Crippen molar-refractivity contribution in [3.05, 3.63) is 71.8 Å². The van der Waals surface area contributed by atoms with E-state index in [0.717, 1.165) is 11.1 Å². The van der Waals surface area contributed by atoms with Crippen LogP contribution in [0.15, 0.2) is 60.7 Å². The predicted molar refractivity (Wildman–Crippen MR) is 133 cm³/mol. The van der Waals surface area contributed by atoms with Gasteiger partial charge >= 0.3 is 11.9 Å². The molecule has 1 aliphatic heterocycles. The summed E-state index contributed by atoms with van der Waals surface area (Å²) in [6, 6.07) is 18.0. The fraction of sp³-hybridized carbons (Fsp3) is 0.423. The second kappa shape index (κ2) is 13.2. The highest BCUT2D eigenvalue weighted by Gasteiger charge is 2.36. The zero-order valence-corrected chi connectivity index (χ0v) is 20.2. The average molecular weight is 485 g/mol. The molecule has 0 aromatic heterocycles. The standard InChI is InChI=1S/C26H32N2O5S/c1-2-33-26(32)22(14-13-19-9-5-3-6-10-19)27-23-18-34-17-21(15-20-11-7-4-8-12-20)28(25(23)31)16-24(29)30/h3-12,21-23,27H,2,13-18H2,1H3,(H,29,30)/t21?,22-,23?/m0/s1. The summed E-state index contributed by atoms with van der Waals surface area (Å²) in [6.07, 6.45) is 1.71. The zero-order valence-electron chi connectivity index (χ0n) is 19.4. The normalized spacial score (nSPS) is 19.3. The topological polar surface area (TPSA) is 95.9 Å². The number of rotatable bonds is 11. The van der Waals surface area contributed by atoms with Crippen LogP contribution < -0.4 is 5.32 Å². The van der Waals surface area contributed by atoms with Crippen molar-refractivity contribution in [2.24, 2.45) is 0 Å². The molecule has 182 valence electrons. The van der Waals surface area contributed by atoms with E-state index in [1.807, 2.05) is 60.7 Å². The number of aryl methyl sites for hydroxylation is 1. The van der Waals surface area contributed by atoms with Crippen LogP contribution in [0.2, 0.25) is 0 Å². The molecule has 1 amide bonds. The summed E-state index contributed by atoms with van der Waals surface area (Å²) in [6.45, 7) is 1.63. The van der Waals surface area contributed by atoms with E-state index in [1.54, 1.807) is 18.7 Å². The van der Waals surface area contributed by atoms with Crippen molar-refractivity contribution < 1.29 is 24.2 Å². The highest BCUT2D eigenvalue weighted by molar-refractivity contribution is 7.99. The lowest BCUT2D eigenvalue weighted by atomic mass is 10.0. The number of hydrogen-bond donors (Lipinski definition) is 2. The summed E-state index contributed by atoms with van der Waals surface area (Å²) in [4.78, 5) is 39.3. The van der Waals surface area contributed by atoms with Gasteiger partial charge in [-0.3, -0.25) is 19.7 Å². The summed E-state index contributed by atoms with van der Waals surface area (Å²) in [5.41, 5.74) is 2.14. The van der Waals surface area contributed by atoms with Gasteiger partial charge in [0, 0.05) is 17.5 Å². The Morgan fingerprint density at radius 2 is 1.74 bits per heavy atom. The zero-order chi connectivity index (χ0) is 24.3. The van der Waals surface area contributed by atoms with Crippen molar-refractivity contribution in [2.45, 2.75) is 44.3 Å². The molecular weight excluding hydrogens is 452 g/mol. The minimum atomic E-state index is -1.05. The summed E-state index contributed by atoms with van der Waals surface area (Å²) >= 11 is 1.60. The van der Waals surface area contributed by atoms with E-state index >= 15 is 0 Å². The van der Waals surface area contributed by atoms with Gasteiger partial charge in [-0.05, 0) is 37.3 Å².